The summed E-state index contributed by atoms with van der Waals surface area (Å²) >= 11 is 1.13. The molecule has 7 nitrogen and oxygen atoms in total. The van der Waals surface area contributed by atoms with Crippen LogP contribution >= 0.6 is 11.3 Å². The molecule has 2 aromatic carbocycles. The molecule has 0 aliphatic carbocycles. The Hall–Kier alpha value is -3.37. The number of nitrogens with two attached hydrogens (primary N) is 1. The highest BCUT2D eigenvalue weighted by atomic mass is 32.1. The Morgan fingerprint density at radius 3 is 2.42 bits per heavy atom. The van der Waals surface area contributed by atoms with Crippen molar-refractivity contribution in [1.29, 1.82) is 0 Å². The molecule has 1 aliphatic heterocycles. The molecule has 4 rings (SSSR count). The van der Waals surface area contributed by atoms with Gasteiger partial charge in [-0.15, -0.1) is 11.3 Å². The molecule has 1 aromatic heterocycles. The van der Waals surface area contributed by atoms with Crippen LogP contribution in [0.4, 0.5) is 20.2 Å². The lowest BCUT2D eigenvalue weighted by atomic mass is 9.86. The van der Waals surface area contributed by atoms with Crippen LogP contribution in [-0.4, -0.2) is 42.5 Å². The predicted molar refractivity (Wildman–Crippen MR) is 124 cm³/mol. The number of hydrogen-bond acceptors (Lipinski definition) is 6. The molecule has 0 atom stereocenters. The van der Waals surface area contributed by atoms with E-state index in [1.54, 1.807) is 18.5 Å². The van der Waals surface area contributed by atoms with E-state index in [0.717, 1.165) is 23.1 Å². The van der Waals surface area contributed by atoms with Crippen LogP contribution in [0, 0.1) is 11.6 Å². The van der Waals surface area contributed by atoms with Crippen LogP contribution in [0.2, 0.25) is 0 Å². The number of nitrogens with one attached hydrogen (secondary N) is 2. The number of rotatable bonds is 6. The van der Waals surface area contributed by atoms with Gasteiger partial charge in [0.2, 0.25) is 5.91 Å². The second-order valence-corrected chi connectivity index (χ2v) is 8.71. The Balaban J connectivity index is 1.50. The molecule has 1 fully saturated rings. The van der Waals surface area contributed by atoms with E-state index < -0.39 is 23.1 Å². The zero-order valence-electron chi connectivity index (χ0n) is 17.9. The fourth-order valence-electron chi connectivity index (χ4n) is 3.98. The zero-order valence-corrected chi connectivity index (χ0v) is 18.7. The van der Waals surface area contributed by atoms with Crippen molar-refractivity contribution >= 4 is 34.5 Å². The minimum absolute atomic E-state index is 0.149. The van der Waals surface area contributed by atoms with Gasteiger partial charge in [-0.1, -0.05) is 12.1 Å². The molecule has 3 aromatic rings. The molecule has 1 saturated heterocycles. The van der Waals surface area contributed by atoms with E-state index in [1.807, 2.05) is 18.2 Å². The lowest BCUT2D eigenvalue weighted by molar-refractivity contribution is -0.125. The van der Waals surface area contributed by atoms with Crippen LogP contribution in [0.3, 0.4) is 0 Å². The minimum atomic E-state index is -0.734. The zero-order chi connectivity index (χ0) is 23.6. The van der Waals surface area contributed by atoms with Crippen molar-refractivity contribution in [3.63, 3.8) is 0 Å². The fraction of sp³-hybridized carbons (Fsp3) is 0.261. The van der Waals surface area contributed by atoms with E-state index in [0.29, 0.717) is 36.6 Å². The number of likely N-dealkylation sites (N-methyl/N-ethyl adjacent to an activating group) is 1. The third-order valence-electron chi connectivity index (χ3n) is 5.91. The number of carbonyl (C=O) groups is 2. The molecule has 33 heavy (non-hydrogen) atoms. The summed E-state index contributed by atoms with van der Waals surface area (Å²) in [5.41, 5.74) is 6.70. The molecule has 4 N–H and O–H groups in total. The molecule has 10 heteroatoms. The number of aromatic nitrogens is 1. The van der Waals surface area contributed by atoms with Crippen LogP contribution in [0.1, 0.15) is 23.3 Å². The normalized spacial score (nSPS) is 15.3. The third kappa shape index (κ3) is 4.71. The Bertz CT molecular complexity index is 1170. The van der Waals surface area contributed by atoms with E-state index in [1.165, 1.54) is 12.1 Å². The molecule has 0 saturated carbocycles. The van der Waals surface area contributed by atoms with Gasteiger partial charge in [0, 0.05) is 30.1 Å². The standard InChI is InChI=1S/C23H23F2N5O2S/c1-27-23(22(26)32)6-8-30(9-7-23)19-5-3-2-4-17(19)28-20(31)18-13-33-21(29-18)14-10-15(24)12-16(25)11-14/h2-5,10-13,27H,6-9H2,1H3,(H2,26,32)(H,28,31). The quantitative estimate of drug-likeness (QED) is 0.512. The Morgan fingerprint density at radius 1 is 1.12 bits per heavy atom. The molecule has 2 amide bonds. The maximum Gasteiger partial charge on any atom is 0.275 e. The predicted octanol–water partition coefficient (Wildman–Crippen LogP) is 3.38. The van der Waals surface area contributed by atoms with Gasteiger partial charge in [-0.25, -0.2) is 13.8 Å². The van der Waals surface area contributed by atoms with Gasteiger partial charge in [0.15, 0.2) is 0 Å². The molecule has 0 unspecified atom stereocenters. The first-order chi connectivity index (χ1) is 15.8. The Morgan fingerprint density at radius 2 is 1.79 bits per heavy atom. The van der Waals surface area contributed by atoms with E-state index in [-0.39, 0.29) is 17.2 Å². The van der Waals surface area contributed by atoms with Gasteiger partial charge in [0.1, 0.15) is 27.9 Å². The van der Waals surface area contributed by atoms with Crippen molar-refractivity contribution < 1.29 is 18.4 Å². The van der Waals surface area contributed by atoms with Gasteiger partial charge in [0.25, 0.3) is 5.91 Å². The highest BCUT2D eigenvalue weighted by Crippen LogP contribution is 2.32. The van der Waals surface area contributed by atoms with Crippen molar-refractivity contribution in [3.8, 4) is 10.6 Å². The molecule has 0 bridgehead atoms. The average molecular weight is 472 g/mol. The van der Waals surface area contributed by atoms with Gasteiger partial charge in [-0.05, 0) is 44.2 Å². The number of nitrogens with zero attached hydrogens (tertiary/aromatic N) is 2. The van der Waals surface area contributed by atoms with E-state index in [2.05, 4.69) is 20.5 Å². The number of para-hydroxylation sites is 2. The fourth-order valence-corrected chi connectivity index (χ4v) is 4.77. The molecule has 2 heterocycles. The van der Waals surface area contributed by atoms with Crippen LogP contribution < -0.4 is 21.3 Å². The van der Waals surface area contributed by atoms with Gasteiger partial charge < -0.3 is 21.3 Å². The van der Waals surface area contributed by atoms with Gasteiger partial charge in [-0.2, -0.15) is 0 Å². The van der Waals surface area contributed by atoms with Crippen LogP contribution in [0.25, 0.3) is 10.6 Å². The maximum absolute atomic E-state index is 13.5. The lowest BCUT2D eigenvalue weighted by Crippen LogP contribution is -2.59. The van der Waals surface area contributed by atoms with E-state index in [9.17, 15) is 18.4 Å². The molecular formula is C23H23F2N5O2S. The summed E-state index contributed by atoms with van der Waals surface area (Å²) in [6.45, 7) is 1.17. The number of piperidine rings is 1. The number of hydrogen-bond donors (Lipinski definition) is 3. The summed E-state index contributed by atoms with van der Waals surface area (Å²) in [6, 6.07) is 10.5. The van der Waals surface area contributed by atoms with Gasteiger partial charge in [-0.3, -0.25) is 9.59 Å². The van der Waals surface area contributed by atoms with Gasteiger partial charge in [0.05, 0.1) is 11.4 Å². The number of primary amides is 1. The molecule has 172 valence electrons. The first-order valence-electron chi connectivity index (χ1n) is 10.4. The van der Waals surface area contributed by atoms with Crippen LogP contribution in [0.15, 0.2) is 47.8 Å². The van der Waals surface area contributed by atoms with Crippen molar-refractivity contribution in [2.75, 3.05) is 30.4 Å². The second kappa shape index (κ2) is 9.24. The number of anilines is 2. The van der Waals surface area contributed by atoms with Crippen molar-refractivity contribution in [3.05, 3.63) is 65.2 Å². The summed E-state index contributed by atoms with van der Waals surface area (Å²) < 4.78 is 27.1. The molecule has 1 aliphatic rings. The summed E-state index contributed by atoms with van der Waals surface area (Å²) in [5, 5.41) is 7.82. The largest absolute Gasteiger partial charge is 0.370 e. The summed E-state index contributed by atoms with van der Waals surface area (Å²) in [6.07, 6.45) is 1.08. The lowest BCUT2D eigenvalue weighted by Gasteiger charge is -2.41. The number of benzene rings is 2. The highest BCUT2D eigenvalue weighted by Gasteiger charge is 2.38. The maximum atomic E-state index is 13.5. The van der Waals surface area contributed by atoms with Crippen molar-refractivity contribution in [1.82, 2.24) is 10.3 Å². The first kappa shape index (κ1) is 22.8. The Labute approximate surface area is 193 Å². The van der Waals surface area contributed by atoms with Crippen LogP contribution in [-0.2, 0) is 4.79 Å². The van der Waals surface area contributed by atoms with Crippen molar-refractivity contribution in [2.45, 2.75) is 18.4 Å². The summed E-state index contributed by atoms with van der Waals surface area (Å²) in [4.78, 5) is 31.1. The van der Waals surface area contributed by atoms with Crippen LogP contribution in [0.5, 0.6) is 0 Å². The first-order valence-corrected chi connectivity index (χ1v) is 11.3. The second-order valence-electron chi connectivity index (χ2n) is 7.85. The number of amides is 2. The number of thiazole rings is 1. The van der Waals surface area contributed by atoms with E-state index >= 15 is 0 Å². The number of halogens is 2. The third-order valence-corrected chi connectivity index (χ3v) is 6.80. The minimum Gasteiger partial charge on any atom is -0.370 e. The Kier molecular flexibility index (Phi) is 6.39. The average Bonchev–Trinajstić information content (AvgIpc) is 3.29. The molecule has 0 spiro atoms. The summed E-state index contributed by atoms with van der Waals surface area (Å²) in [7, 11) is 1.73. The smallest absolute Gasteiger partial charge is 0.275 e. The summed E-state index contributed by atoms with van der Waals surface area (Å²) in [5.74, 6) is -2.22. The molecule has 0 radical (unpaired) electrons. The highest BCUT2D eigenvalue weighted by molar-refractivity contribution is 7.13. The van der Waals surface area contributed by atoms with E-state index in [4.69, 9.17) is 5.73 Å². The van der Waals surface area contributed by atoms with Crippen molar-refractivity contribution in [2.24, 2.45) is 5.73 Å². The topological polar surface area (TPSA) is 100 Å². The molecular weight excluding hydrogens is 448 g/mol. The number of carbonyl (C=O) groups excluding carboxylic acids is 2. The SMILES string of the molecule is CNC1(C(N)=O)CCN(c2ccccc2NC(=O)c2csc(-c3cc(F)cc(F)c3)n2)CC1. The monoisotopic (exact) mass is 471 g/mol. The van der Waals surface area contributed by atoms with Gasteiger partial charge >= 0.3 is 0 Å².